The summed E-state index contributed by atoms with van der Waals surface area (Å²) in [5, 5.41) is 0. The van der Waals surface area contributed by atoms with Gasteiger partial charge in [0.1, 0.15) is 6.04 Å². The van der Waals surface area contributed by atoms with Gasteiger partial charge in [0.05, 0.1) is 13.2 Å². The Bertz CT molecular complexity index is 356. The van der Waals surface area contributed by atoms with Gasteiger partial charge in [-0.2, -0.15) is 0 Å². The summed E-state index contributed by atoms with van der Waals surface area (Å²) < 4.78 is 5.27. The zero-order chi connectivity index (χ0) is 14.0. The number of carbonyl (C=O) groups is 2. The maximum absolute atomic E-state index is 12.5. The molecular weight excluding hydrogens is 244 g/mol. The van der Waals surface area contributed by atoms with Crippen LogP contribution in [0.2, 0.25) is 0 Å². The average molecular weight is 268 g/mol. The molecule has 2 rings (SSSR count). The summed E-state index contributed by atoms with van der Waals surface area (Å²) in [7, 11) is 0. The molecule has 19 heavy (non-hydrogen) atoms. The van der Waals surface area contributed by atoms with E-state index in [1.807, 2.05) is 25.7 Å². The highest BCUT2D eigenvalue weighted by molar-refractivity contribution is 5.90. The first-order valence-corrected chi connectivity index (χ1v) is 7.09. The van der Waals surface area contributed by atoms with Crippen LogP contribution in [-0.4, -0.2) is 60.5 Å². The number of rotatable bonds is 1. The van der Waals surface area contributed by atoms with Crippen molar-refractivity contribution in [1.29, 1.82) is 0 Å². The molecule has 0 aromatic heterocycles. The van der Waals surface area contributed by atoms with Gasteiger partial charge in [0.25, 0.3) is 0 Å². The largest absolute Gasteiger partial charge is 0.378 e. The molecule has 108 valence electrons. The predicted molar refractivity (Wildman–Crippen MR) is 71.6 cm³/mol. The van der Waals surface area contributed by atoms with Gasteiger partial charge in [0.15, 0.2) is 0 Å². The number of morpholine rings is 1. The van der Waals surface area contributed by atoms with Crippen molar-refractivity contribution in [3.63, 3.8) is 0 Å². The summed E-state index contributed by atoms with van der Waals surface area (Å²) in [6, 6.07) is -0.259. The lowest BCUT2D eigenvalue weighted by molar-refractivity contribution is -0.150. The van der Waals surface area contributed by atoms with Crippen LogP contribution in [0.4, 0.5) is 0 Å². The van der Waals surface area contributed by atoms with E-state index in [-0.39, 0.29) is 17.9 Å². The SMILES string of the molecule is CC(C)(C)C(=O)N1CCC[C@H]1C(=O)N1CCOCC1. The minimum Gasteiger partial charge on any atom is -0.378 e. The molecule has 2 saturated heterocycles. The molecule has 5 nitrogen and oxygen atoms in total. The standard InChI is InChI=1S/C14H24N2O3/c1-14(2,3)13(18)16-6-4-5-11(16)12(17)15-7-9-19-10-8-15/h11H,4-10H2,1-3H3/t11-/m0/s1. The molecule has 2 fully saturated rings. The maximum Gasteiger partial charge on any atom is 0.245 e. The molecular formula is C14H24N2O3. The lowest BCUT2D eigenvalue weighted by Gasteiger charge is -2.34. The predicted octanol–water partition coefficient (Wildman–Crippen LogP) is 0.882. The zero-order valence-corrected chi connectivity index (χ0v) is 12.1. The molecule has 0 aromatic carbocycles. The van der Waals surface area contributed by atoms with Crippen molar-refractivity contribution in [2.45, 2.75) is 39.7 Å². The Balaban J connectivity index is 2.05. The first-order valence-electron chi connectivity index (χ1n) is 7.09. The minimum absolute atomic E-state index is 0.0802. The Morgan fingerprint density at radius 2 is 1.74 bits per heavy atom. The maximum atomic E-state index is 12.5. The molecule has 0 spiro atoms. The average Bonchev–Trinajstić information content (AvgIpc) is 2.85. The third-order valence-corrected chi connectivity index (χ3v) is 3.76. The van der Waals surface area contributed by atoms with E-state index in [1.54, 1.807) is 4.90 Å². The molecule has 0 N–H and O–H groups in total. The van der Waals surface area contributed by atoms with Crippen LogP contribution >= 0.6 is 0 Å². The molecule has 2 aliphatic heterocycles. The molecule has 0 aliphatic carbocycles. The Morgan fingerprint density at radius 3 is 2.32 bits per heavy atom. The molecule has 0 bridgehead atoms. The molecule has 2 amide bonds. The highest BCUT2D eigenvalue weighted by Crippen LogP contribution is 2.26. The normalized spacial score (nSPS) is 24.7. The van der Waals surface area contributed by atoms with Gasteiger partial charge in [0.2, 0.25) is 11.8 Å². The van der Waals surface area contributed by atoms with Gasteiger partial charge in [-0.25, -0.2) is 0 Å². The summed E-state index contributed by atoms with van der Waals surface area (Å²) in [5.74, 6) is 0.176. The van der Waals surface area contributed by atoms with Crippen molar-refractivity contribution in [2.24, 2.45) is 5.41 Å². The first-order chi connectivity index (χ1) is 8.91. The Kier molecular flexibility index (Phi) is 4.13. The van der Waals surface area contributed by atoms with Crippen LogP contribution in [0.15, 0.2) is 0 Å². The topological polar surface area (TPSA) is 49.9 Å². The number of amides is 2. The monoisotopic (exact) mass is 268 g/mol. The summed E-state index contributed by atoms with van der Waals surface area (Å²) >= 11 is 0. The summed E-state index contributed by atoms with van der Waals surface area (Å²) in [6.45, 7) is 8.92. The molecule has 0 unspecified atom stereocenters. The van der Waals surface area contributed by atoms with Crippen LogP contribution in [0, 0.1) is 5.41 Å². The molecule has 1 atom stereocenters. The number of hydrogen-bond donors (Lipinski definition) is 0. The number of ether oxygens (including phenoxy) is 1. The minimum atomic E-state index is -0.423. The highest BCUT2D eigenvalue weighted by atomic mass is 16.5. The Labute approximate surface area is 114 Å². The van der Waals surface area contributed by atoms with E-state index >= 15 is 0 Å². The van der Waals surface area contributed by atoms with Crippen molar-refractivity contribution in [2.75, 3.05) is 32.8 Å². The van der Waals surface area contributed by atoms with E-state index in [0.29, 0.717) is 32.8 Å². The van der Waals surface area contributed by atoms with E-state index in [4.69, 9.17) is 4.74 Å². The zero-order valence-electron chi connectivity index (χ0n) is 12.1. The lowest BCUT2D eigenvalue weighted by Crippen LogP contribution is -2.52. The number of carbonyl (C=O) groups excluding carboxylic acids is 2. The van der Waals surface area contributed by atoms with Gasteiger partial charge in [0, 0.05) is 25.0 Å². The van der Waals surface area contributed by atoms with Crippen LogP contribution < -0.4 is 0 Å². The fourth-order valence-corrected chi connectivity index (χ4v) is 2.69. The first kappa shape index (κ1) is 14.3. The van der Waals surface area contributed by atoms with Crippen molar-refractivity contribution in [1.82, 2.24) is 9.80 Å². The van der Waals surface area contributed by atoms with E-state index in [9.17, 15) is 9.59 Å². The van der Waals surface area contributed by atoms with Gasteiger partial charge >= 0.3 is 0 Å². The Hall–Kier alpha value is -1.10. The third-order valence-electron chi connectivity index (χ3n) is 3.76. The van der Waals surface area contributed by atoms with Crippen LogP contribution in [0.1, 0.15) is 33.6 Å². The quantitative estimate of drug-likeness (QED) is 0.709. The lowest BCUT2D eigenvalue weighted by atomic mass is 9.94. The summed E-state index contributed by atoms with van der Waals surface area (Å²) in [6.07, 6.45) is 1.71. The molecule has 0 aromatic rings. The molecule has 0 radical (unpaired) electrons. The second kappa shape index (κ2) is 5.49. The number of nitrogens with zero attached hydrogens (tertiary/aromatic N) is 2. The van der Waals surface area contributed by atoms with Crippen molar-refractivity contribution < 1.29 is 14.3 Å². The van der Waals surface area contributed by atoms with E-state index in [2.05, 4.69) is 0 Å². The van der Waals surface area contributed by atoms with Crippen LogP contribution in [0.3, 0.4) is 0 Å². The molecule has 2 heterocycles. The second-order valence-corrected chi connectivity index (χ2v) is 6.34. The number of likely N-dealkylation sites (tertiary alicyclic amines) is 1. The van der Waals surface area contributed by atoms with E-state index in [1.165, 1.54) is 0 Å². The van der Waals surface area contributed by atoms with Gasteiger partial charge in [-0.1, -0.05) is 20.8 Å². The van der Waals surface area contributed by atoms with E-state index in [0.717, 1.165) is 12.8 Å². The fourth-order valence-electron chi connectivity index (χ4n) is 2.69. The third kappa shape index (κ3) is 3.08. The van der Waals surface area contributed by atoms with Crippen LogP contribution in [-0.2, 0) is 14.3 Å². The fraction of sp³-hybridized carbons (Fsp3) is 0.857. The van der Waals surface area contributed by atoms with Gasteiger partial charge < -0.3 is 14.5 Å². The molecule has 2 aliphatic rings. The van der Waals surface area contributed by atoms with E-state index < -0.39 is 5.41 Å². The molecule has 0 saturated carbocycles. The second-order valence-electron chi connectivity index (χ2n) is 6.34. The summed E-state index contributed by atoms with van der Waals surface area (Å²) in [4.78, 5) is 28.5. The number of hydrogen-bond acceptors (Lipinski definition) is 3. The smallest absolute Gasteiger partial charge is 0.245 e. The van der Waals surface area contributed by atoms with Gasteiger partial charge in [-0.05, 0) is 12.8 Å². The van der Waals surface area contributed by atoms with Crippen LogP contribution in [0.5, 0.6) is 0 Å². The Morgan fingerprint density at radius 1 is 1.11 bits per heavy atom. The van der Waals surface area contributed by atoms with Crippen molar-refractivity contribution in [3.8, 4) is 0 Å². The summed E-state index contributed by atoms with van der Waals surface area (Å²) in [5.41, 5.74) is -0.423. The van der Waals surface area contributed by atoms with Crippen molar-refractivity contribution >= 4 is 11.8 Å². The highest BCUT2D eigenvalue weighted by Gasteiger charge is 2.40. The van der Waals surface area contributed by atoms with Crippen molar-refractivity contribution in [3.05, 3.63) is 0 Å². The van der Waals surface area contributed by atoms with Crippen LogP contribution in [0.25, 0.3) is 0 Å². The van der Waals surface area contributed by atoms with Gasteiger partial charge in [-0.15, -0.1) is 0 Å². The van der Waals surface area contributed by atoms with Gasteiger partial charge in [-0.3, -0.25) is 9.59 Å². The molecule has 5 heteroatoms.